The average Bonchev–Trinajstić information content (AvgIpc) is 3.37. The van der Waals surface area contributed by atoms with Crippen LogP contribution in [0.25, 0.3) is 22.0 Å². The summed E-state index contributed by atoms with van der Waals surface area (Å²) < 4.78 is 0. The molecule has 0 aliphatic heterocycles. The molecule has 4 heteroatoms. The number of anilines is 1. The van der Waals surface area contributed by atoms with Crippen molar-refractivity contribution in [3.05, 3.63) is 53.8 Å². The topological polar surface area (TPSA) is 37.8 Å². The molecule has 1 aromatic heterocycles. The maximum Gasteiger partial charge on any atom is 0.224 e. The lowest BCUT2D eigenvalue weighted by Crippen LogP contribution is -2.06. The molecule has 0 radical (unpaired) electrons. The van der Waals surface area contributed by atoms with Gasteiger partial charge >= 0.3 is 0 Å². The number of aromatic nitrogens is 2. The van der Waals surface area contributed by atoms with Crippen molar-refractivity contribution in [1.29, 1.82) is 0 Å². The van der Waals surface area contributed by atoms with Gasteiger partial charge in [0.15, 0.2) is 0 Å². The second kappa shape index (κ2) is 5.58. The zero-order valence-electron chi connectivity index (χ0n) is 12.1. The Hall–Kier alpha value is -2.13. The van der Waals surface area contributed by atoms with Crippen molar-refractivity contribution in [2.24, 2.45) is 5.92 Å². The van der Waals surface area contributed by atoms with Crippen LogP contribution in [-0.4, -0.2) is 16.5 Å². The highest BCUT2D eigenvalue weighted by Crippen LogP contribution is 2.34. The minimum absolute atomic E-state index is 0.288. The van der Waals surface area contributed by atoms with Gasteiger partial charge in [-0.1, -0.05) is 42.5 Å². The predicted molar refractivity (Wildman–Crippen MR) is 91.2 cm³/mol. The number of hydrogen-bond acceptors (Lipinski definition) is 3. The van der Waals surface area contributed by atoms with Gasteiger partial charge < -0.3 is 5.32 Å². The third-order valence-corrected chi connectivity index (χ3v) is 4.20. The molecule has 1 fully saturated rings. The Kier molecular flexibility index (Phi) is 3.43. The second-order valence-electron chi connectivity index (χ2n) is 5.73. The van der Waals surface area contributed by atoms with Crippen LogP contribution in [-0.2, 0) is 0 Å². The highest BCUT2D eigenvalue weighted by molar-refractivity contribution is 6.29. The van der Waals surface area contributed by atoms with Gasteiger partial charge in [0.2, 0.25) is 5.28 Å². The fraction of sp³-hybridized carbons (Fsp3) is 0.222. The Labute approximate surface area is 134 Å². The van der Waals surface area contributed by atoms with Crippen LogP contribution in [0.5, 0.6) is 0 Å². The van der Waals surface area contributed by atoms with E-state index >= 15 is 0 Å². The van der Waals surface area contributed by atoms with E-state index < -0.39 is 0 Å². The van der Waals surface area contributed by atoms with E-state index in [1.54, 1.807) is 0 Å². The molecule has 3 nitrogen and oxygen atoms in total. The van der Waals surface area contributed by atoms with Crippen LogP contribution in [0.2, 0.25) is 5.28 Å². The SMILES string of the molecule is Clc1nc(NCC2CC2)c2c(-c3ccccc3)cccc2n1. The van der Waals surface area contributed by atoms with E-state index in [1.807, 2.05) is 30.3 Å². The van der Waals surface area contributed by atoms with Crippen LogP contribution in [0.1, 0.15) is 12.8 Å². The van der Waals surface area contributed by atoms with Gasteiger partial charge in [0.1, 0.15) is 5.82 Å². The molecular weight excluding hydrogens is 294 g/mol. The normalized spacial score (nSPS) is 14.2. The molecule has 1 heterocycles. The van der Waals surface area contributed by atoms with Crippen LogP contribution in [0, 0.1) is 5.92 Å². The van der Waals surface area contributed by atoms with E-state index in [0.29, 0.717) is 0 Å². The van der Waals surface area contributed by atoms with E-state index in [4.69, 9.17) is 11.6 Å². The lowest BCUT2D eigenvalue weighted by Gasteiger charge is -2.12. The number of nitrogens with one attached hydrogen (secondary N) is 1. The van der Waals surface area contributed by atoms with Crippen LogP contribution in [0.4, 0.5) is 5.82 Å². The molecule has 1 saturated carbocycles. The molecule has 2 aromatic carbocycles. The van der Waals surface area contributed by atoms with Crippen LogP contribution in [0.3, 0.4) is 0 Å². The highest BCUT2D eigenvalue weighted by Gasteiger charge is 2.22. The molecule has 0 bridgehead atoms. The molecule has 0 amide bonds. The van der Waals surface area contributed by atoms with Crippen LogP contribution in [0.15, 0.2) is 48.5 Å². The molecule has 1 N–H and O–H groups in total. The third-order valence-electron chi connectivity index (χ3n) is 4.04. The minimum atomic E-state index is 0.288. The second-order valence-corrected chi connectivity index (χ2v) is 6.07. The lowest BCUT2D eigenvalue weighted by atomic mass is 10.0. The van der Waals surface area contributed by atoms with Crippen molar-refractivity contribution in [3.8, 4) is 11.1 Å². The molecule has 0 spiro atoms. The molecular formula is C18H16ClN3. The molecule has 3 aromatic rings. The Balaban J connectivity index is 1.88. The molecule has 22 heavy (non-hydrogen) atoms. The van der Waals surface area contributed by atoms with E-state index in [2.05, 4.69) is 33.5 Å². The number of fused-ring (bicyclic) bond motifs is 1. The third kappa shape index (κ3) is 2.64. The summed E-state index contributed by atoms with van der Waals surface area (Å²) in [7, 11) is 0. The smallest absolute Gasteiger partial charge is 0.224 e. The summed E-state index contributed by atoms with van der Waals surface area (Å²) in [6, 6.07) is 16.4. The molecule has 1 aliphatic carbocycles. The monoisotopic (exact) mass is 309 g/mol. The molecule has 0 saturated heterocycles. The highest BCUT2D eigenvalue weighted by atomic mass is 35.5. The van der Waals surface area contributed by atoms with Crippen molar-refractivity contribution in [1.82, 2.24) is 9.97 Å². The van der Waals surface area contributed by atoms with Gasteiger partial charge in [-0.3, -0.25) is 0 Å². The van der Waals surface area contributed by atoms with E-state index in [-0.39, 0.29) is 5.28 Å². The van der Waals surface area contributed by atoms with Crippen molar-refractivity contribution >= 4 is 28.3 Å². The summed E-state index contributed by atoms with van der Waals surface area (Å²) >= 11 is 6.09. The molecule has 110 valence electrons. The minimum Gasteiger partial charge on any atom is -0.369 e. The zero-order chi connectivity index (χ0) is 14.9. The van der Waals surface area contributed by atoms with Gasteiger partial charge in [-0.05, 0) is 47.6 Å². The van der Waals surface area contributed by atoms with Crippen molar-refractivity contribution < 1.29 is 0 Å². The first-order valence-corrected chi connectivity index (χ1v) is 7.94. The summed E-state index contributed by atoms with van der Waals surface area (Å²) in [5, 5.41) is 4.79. The summed E-state index contributed by atoms with van der Waals surface area (Å²) in [5.41, 5.74) is 3.17. The maximum atomic E-state index is 6.09. The number of halogens is 1. The quantitative estimate of drug-likeness (QED) is 0.705. The number of nitrogens with zero attached hydrogens (tertiary/aromatic N) is 2. The Morgan fingerprint density at radius 1 is 1.00 bits per heavy atom. The van der Waals surface area contributed by atoms with Crippen molar-refractivity contribution in [3.63, 3.8) is 0 Å². The fourth-order valence-electron chi connectivity index (χ4n) is 2.70. The largest absolute Gasteiger partial charge is 0.369 e. The van der Waals surface area contributed by atoms with Crippen molar-refractivity contribution in [2.75, 3.05) is 11.9 Å². The van der Waals surface area contributed by atoms with Gasteiger partial charge in [0.25, 0.3) is 0 Å². The van der Waals surface area contributed by atoms with Gasteiger partial charge in [0.05, 0.1) is 10.9 Å². The summed E-state index contributed by atoms with van der Waals surface area (Å²) in [4.78, 5) is 8.81. The molecule has 0 unspecified atom stereocenters. The van der Waals surface area contributed by atoms with Gasteiger partial charge in [-0.25, -0.2) is 9.97 Å². The van der Waals surface area contributed by atoms with E-state index in [1.165, 1.54) is 12.8 Å². The predicted octanol–water partition coefficient (Wildman–Crippen LogP) is 4.77. The average molecular weight is 310 g/mol. The van der Waals surface area contributed by atoms with Gasteiger partial charge in [-0.15, -0.1) is 0 Å². The molecule has 4 rings (SSSR count). The zero-order valence-corrected chi connectivity index (χ0v) is 12.8. The molecule has 1 aliphatic rings. The number of benzene rings is 2. The first kappa shape index (κ1) is 13.5. The fourth-order valence-corrected chi connectivity index (χ4v) is 2.88. The standard InChI is InChI=1S/C18H16ClN3/c19-18-21-15-8-4-7-14(13-5-2-1-3-6-13)16(15)17(22-18)20-11-12-9-10-12/h1-8,12H,9-11H2,(H,20,21,22). The van der Waals surface area contributed by atoms with Crippen LogP contribution >= 0.6 is 11.6 Å². The summed E-state index contributed by atoms with van der Waals surface area (Å²) in [6.07, 6.45) is 2.60. The van der Waals surface area contributed by atoms with Gasteiger partial charge in [0, 0.05) is 6.54 Å². The van der Waals surface area contributed by atoms with E-state index in [0.717, 1.165) is 40.3 Å². The first-order chi connectivity index (χ1) is 10.8. The Morgan fingerprint density at radius 2 is 1.82 bits per heavy atom. The molecule has 0 atom stereocenters. The lowest BCUT2D eigenvalue weighted by molar-refractivity contribution is 0.884. The number of rotatable bonds is 4. The maximum absolute atomic E-state index is 6.09. The van der Waals surface area contributed by atoms with Gasteiger partial charge in [-0.2, -0.15) is 0 Å². The van der Waals surface area contributed by atoms with E-state index in [9.17, 15) is 0 Å². The number of hydrogen-bond donors (Lipinski definition) is 1. The van der Waals surface area contributed by atoms with Crippen molar-refractivity contribution in [2.45, 2.75) is 12.8 Å². The Bertz CT molecular complexity index is 813. The van der Waals surface area contributed by atoms with Crippen LogP contribution < -0.4 is 5.32 Å². The Morgan fingerprint density at radius 3 is 2.59 bits per heavy atom. The first-order valence-electron chi connectivity index (χ1n) is 7.57. The summed E-state index contributed by atoms with van der Waals surface area (Å²) in [5.74, 6) is 1.61. The summed E-state index contributed by atoms with van der Waals surface area (Å²) in [6.45, 7) is 0.950.